The second-order valence-electron chi connectivity index (χ2n) is 7.21. The van der Waals surface area contributed by atoms with Crippen molar-refractivity contribution in [1.29, 1.82) is 0 Å². The molecule has 0 aliphatic rings. The third-order valence-electron chi connectivity index (χ3n) is 3.86. The lowest BCUT2D eigenvalue weighted by molar-refractivity contribution is 0.119. The van der Waals surface area contributed by atoms with Gasteiger partial charge in [-0.25, -0.2) is 9.97 Å². The number of guanidine groups is 1. The van der Waals surface area contributed by atoms with Gasteiger partial charge in [0.05, 0.1) is 29.5 Å². The van der Waals surface area contributed by atoms with Gasteiger partial charge in [-0.3, -0.25) is 4.99 Å². The minimum atomic E-state index is 0.0261. The minimum absolute atomic E-state index is 0.0261. The molecule has 26 heavy (non-hydrogen) atoms. The van der Waals surface area contributed by atoms with E-state index in [-0.39, 0.29) is 11.5 Å². The monoisotopic (exact) mass is 395 g/mol. The first kappa shape index (κ1) is 20.8. The zero-order valence-corrected chi connectivity index (χ0v) is 18.3. The third kappa shape index (κ3) is 5.49. The maximum atomic E-state index is 5.33. The average Bonchev–Trinajstić information content (AvgIpc) is 3.23. The first-order valence-corrected chi connectivity index (χ1v) is 10.3. The molecular weight excluding hydrogens is 366 g/mol. The van der Waals surface area contributed by atoms with Gasteiger partial charge in [-0.05, 0) is 6.92 Å². The second kappa shape index (κ2) is 8.92. The van der Waals surface area contributed by atoms with E-state index in [2.05, 4.69) is 51.7 Å². The van der Waals surface area contributed by atoms with Crippen molar-refractivity contribution in [3.63, 3.8) is 0 Å². The van der Waals surface area contributed by atoms with Gasteiger partial charge < -0.3 is 15.0 Å². The molecule has 1 atom stereocenters. The lowest BCUT2D eigenvalue weighted by atomic mass is 9.98. The van der Waals surface area contributed by atoms with E-state index in [1.54, 1.807) is 36.8 Å². The van der Waals surface area contributed by atoms with E-state index in [1.165, 1.54) is 0 Å². The molecule has 0 fully saturated rings. The summed E-state index contributed by atoms with van der Waals surface area (Å²) < 4.78 is 5.33. The average molecular weight is 396 g/mol. The first-order valence-electron chi connectivity index (χ1n) is 8.58. The summed E-state index contributed by atoms with van der Waals surface area (Å²) in [5.74, 6) is 0.824. The third-order valence-corrected chi connectivity index (χ3v) is 6.24. The topological polar surface area (TPSA) is 62.6 Å². The highest BCUT2D eigenvalue weighted by atomic mass is 32.1. The largest absolute Gasteiger partial charge is 0.375 e. The Hall–Kier alpha value is -1.51. The molecule has 0 spiro atoms. The Kier molecular flexibility index (Phi) is 7.14. The summed E-state index contributed by atoms with van der Waals surface area (Å²) >= 11 is 3.34. The Morgan fingerprint density at radius 2 is 1.96 bits per heavy atom. The molecule has 0 aromatic carbocycles. The molecule has 0 radical (unpaired) electrons. The van der Waals surface area contributed by atoms with Crippen molar-refractivity contribution in [3.05, 3.63) is 32.2 Å². The van der Waals surface area contributed by atoms with Gasteiger partial charge in [-0.2, -0.15) is 0 Å². The Morgan fingerprint density at radius 3 is 2.54 bits per heavy atom. The van der Waals surface area contributed by atoms with Crippen molar-refractivity contribution in [2.24, 2.45) is 4.99 Å². The number of thiazole rings is 2. The molecule has 1 unspecified atom stereocenters. The number of nitrogens with zero attached hydrogens (tertiary/aromatic N) is 4. The van der Waals surface area contributed by atoms with E-state index in [1.807, 2.05) is 14.0 Å². The SMILES string of the molecule is CN=C(NCc1csc(C(C)(C)C)n1)N(C)Cc1csc(C(C)OC)n1. The van der Waals surface area contributed by atoms with Crippen LogP contribution in [0.3, 0.4) is 0 Å². The highest BCUT2D eigenvalue weighted by Crippen LogP contribution is 2.25. The molecule has 6 nitrogen and oxygen atoms in total. The number of ether oxygens (including phenoxy) is 1. The highest BCUT2D eigenvalue weighted by Gasteiger charge is 2.18. The summed E-state index contributed by atoms with van der Waals surface area (Å²) in [5, 5.41) is 9.72. The summed E-state index contributed by atoms with van der Waals surface area (Å²) in [6.45, 7) is 9.91. The van der Waals surface area contributed by atoms with Crippen LogP contribution in [0.1, 0.15) is 55.2 Å². The van der Waals surface area contributed by atoms with Crippen LogP contribution in [0.25, 0.3) is 0 Å². The van der Waals surface area contributed by atoms with E-state index in [0.29, 0.717) is 13.1 Å². The fraction of sp³-hybridized carbons (Fsp3) is 0.611. The van der Waals surface area contributed by atoms with Crippen molar-refractivity contribution in [2.75, 3.05) is 21.2 Å². The van der Waals surface area contributed by atoms with Crippen LogP contribution in [0.5, 0.6) is 0 Å². The number of hydrogen-bond acceptors (Lipinski definition) is 6. The summed E-state index contributed by atoms with van der Waals surface area (Å²) in [5.41, 5.74) is 2.14. The molecule has 0 saturated carbocycles. The molecule has 2 rings (SSSR count). The normalized spacial score (nSPS) is 13.7. The molecule has 1 N–H and O–H groups in total. The second-order valence-corrected chi connectivity index (χ2v) is 8.95. The standard InChI is InChI=1S/C18H29N5OS2/c1-12(24-7)15-21-14(11-25-15)9-23(6)17(19-5)20-8-13-10-26-16(22-13)18(2,3)4/h10-12H,8-9H2,1-7H3,(H,19,20). The van der Waals surface area contributed by atoms with Crippen molar-refractivity contribution in [3.8, 4) is 0 Å². The fourth-order valence-corrected chi connectivity index (χ4v) is 4.04. The Morgan fingerprint density at radius 1 is 1.27 bits per heavy atom. The maximum absolute atomic E-state index is 5.33. The molecule has 0 bridgehead atoms. The summed E-state index contributed by atoms with van der Waals surface area (Å²) in [4.78, 5) is 15.8. The lowest BCUT2D eigenvalue weighted by Crippen LogP contribution is -2.38. The van der Waals surface area contributed by atoms with E-state index >= 15 is 0 Å². The predicted octanol–water partition coefficient (Wildman–Crippen LogP) is 3.81. The Labute approximate surface area is 164 Å². The van der Waals surface area contributed by atoms with Gasteiger partial charge in [0.25, 0.3) is 0 Å². The Bertz CT molecular complexity index is 732. The smallest absolute Gasteiger partial charge is 0.194 e. The quantitative estimate of drug-likeness (QED) is 0.595. The number of aromatic nitrogens is 2. The van der Waals surface area contributed by atoms with Crippen LogP contribution < -0.4 is 5.32 Å². The van der Waals surface area contributed by atoms with Crippen LogP contribution in [0.2, 0.25) is 0 Å². The molecule has 2 heterocycles. The van der Waals surface area contributed by atoms with Crippen molar-refractivity contribution in [1.82, 2.24) is 20.2 Å². The van der Waals surface area contributed by atoms with Crippen LogP contribution in [0.4, 0.5) is 0 Å². The summed E-state index contributed by atoms with van der Waals surface area (Å²) in [7, 11) is 5.50. The van der Waals surface area contributed by atoms with Crippen LogP contribution in [-0.4, -0.2) is 42.0 Å². The van der Waals surface area contributed by atoms with Crippen molar-refractivity contribution >= 4 is 28.6 Å². The highest BCUT2D eigenvalue weighted by molar-refractivity contribution is 7.10. The molecule has 8 heteroatoms. The predicted molar refractivity (Wildman–Crippen MR) is 110 cm³/mol. The molecule has 0 aliphatic carbocycles. The van der Waals surface area contributed by atoms with Crippen LogP contribution in [-0.2, 0) is 23.2 Å². The van der Waals surface area contributed by atoms with E-state index in [0.717, 1.165) is 27.4 Å². The summed E-state index contributed by atoms with van der Waals surface area (Å²) in [6.07, 6.45) is 0.0261. The molecule has 0 aliphatic heterocycles. The van der Waals surface area contributed by atoms with Gasteiger partial charge in [0, 0.05) is 37.4 Å². The molecule has 2 aromatic rings. The molecule has 0 saturated heterocycles. The van der Waals surface area contributed by atoms with Gasteiger partial charge >= 0.3 is 0 Å². The number of hydrogen-bond donors (Lipinski definition) is 1. The number of nitrogens with one attached hydrogen (secondary N) is 1. The van der Waals surface area contributed by atoms with Gasteiger partial charge in [0.1, 0.15) is 11.1 Å². The van der Waals surface area contributed by atoms with E-state index in [9.17, 15) is 0 Å². The van der Waals surface area contributed by atoms with Crippen LogP contribution >= 0.6 is 22.7 Å². The van der Waals surface area contributed by atoms with E-state index < -0.39 is 0 Å². The number of methoxy groups -OCH3 is 1. The van der Waals surface area contributed by atoms with Gasteiger partial charge in [-0.15, -0.1) is 22.7 Å². The molecular formula is C18H29N5OS2. The zero-order chi connectivity index (χ0) is 19.3. The van der Waals surface area contributed by atoms with Crippen LogP contribution in [0.15, 0.2) is 15.8 Å². The fourth-order valence-electron chi connectivity index (χ4n) is 2.29. The van der Waals surface area contributed by atoms with Gasteiger partial charge in [0.2, 0.25) is 0 Å². The Balaban J connectivity index is 1.93. The van der Waals surface area contributed by atoms with E-state index in [4.69, 9.17) is 9.72 Å². The van der Waals surface area contributed by atoms with Gasteiger partial charge in [-0.1, -0.05) is 20.8 Å². The zero-order valence-electron chi connectivity index (χ0n) is 16.7. The van der Waals surface area contributed by atoms with Crippen molar-refractivity contribution in [2.45, 2.75) is 52.3 Å². The minimum Gasteiger partial charge on any atom is -0.375 e. The molecule has 0 amide bonds. The first-order chi connectivity index (χ1) is 12.2. The lowest BCUT2D eigenvalue weighted by Gasteiger charge is -2.21. The summed E-state index contributed by atoms with van der Waals surface area (Å²) in [6, 6.07) is 0. The molecule has 2 aromatic heterocycles. The maximum Gasteiger partial charge on any atom is 0.194 e. The number of rotatable bonds is 6. The molecule has 144 valence electrons. The van der Waals surface area contributed by atoms with Gasteiger partial charge in [0.15, 0.2) is 5.96 Å². The number of aliphatic imine (C=N–C) groups is 1. The van der Waals surface area contributed by atoms with Crippen LogP contribution in [0, 0.1) is 0 Å². The van der Waals surface area contributed by atoms with Crippen molar-refractivity contribution < 1.29 is 4.74 Å².